The zero-order valence-electron chi connectivity index (χ0n) is 8.61. The van der Waals surface area contributed by atoms with E-state index < -0.39 is 0 Å². The third kappa shape index (κ3) is 1.99. The van der Waals surface area contributed by atoms with Gasteiger partial charge in [0, 0.05) is 13.1 Å². The Morgan fingerprint density at radius 3 is 2.67 bits per heavy atom. The molecule has 1 aliphatic rings. The van der Waals surface area contributed by atoms with Gasteiger partial charge in [0.25, 0.3) is 0 Å². The van der Waals surface area contributed by atoms with Crippen LogP contribution in [0.15, 0.2) is 0 Å². The monoisotopic (exact) mass is 170 g/mol. The van der Waals surface area contributed by atoms with Crippen LogP contribution < -0.4 is 10.6 Å². The molecule has 1 saturated heterocycles. The molecule has 1 unspecified atom stereocenters. The second-order valence-corrected chi connectivity index (χ2v) is 4.22. The molecule has 12 heavy (non-hydrogen) atoms. The van der Waals surface area contributed by atoms with Gasteiger partial charge in [-0.1, -0.05) is 20.8 Å². The number of hydrogen-bond acceptors (Lipinski definition) is 2. The summed E-state index contributed by atoms with van der Waals surface area (Å²) >= 11 is 0. The van der Waals surface area contributed by atoms with Gasteiger partial charge in [0.15, 0.2) is 0 Å². The van der Waals surface area contributed by atoms with Gasteiger partial charge >= 0.3 is 0 Å². The zero-order chi connectivity index (χ0) is 9.03. The molecule has 1 fully saturated rings. The van der Waals surface area contributed by atoms with Crippen molar-refractivity contribution in [3.63, 3.8) is 0 Å². The second-order valence-electron chi connectivity index (χ2n) is 4.22. The predicted molar refractivity (Wildman–Crippen MR) is 53.3 cm³/mol. The molecule has 0 saturated carbocycles. The molecule has 0 aliphatic carbocycles. The van der Waals surface area contributed by atoms with Gasteiger partial charge in [-0.25, -0.2) is 0 Å². The number of hydrogen-bond donors (Lipinski definition) is 2. The molecule has 0 radical (unpaired) electrons. The van der Waals surface area contributed by atoms with Crippen molar-refractivity contribution in [3.05, 3.63) is 0 Å². The van der Waals surface area contributed by atoms with Gasteiger partial charge in [-0.15, -0.1) is 0 Å². The SMILES string of the molecule is CCNCC1(C(C)C)CCNC1. The fourth-order valence-corrected chi connectivity index (χ4v) is 1.98. The molecule has 0 bridgehead atoms. The Bertz CT molecular complexity index is 126. The van der Waals surface area contributed by atoms with Crippen LogP contribution in [0.2, 0.25) is 0 Å². The average molecular weight is 170 g/mol. The zero-order valence-corrected chi connectivity index (χ0v) is 8.61. The van der Waals surface area contributed by atoms with E-state index in [-0.39, 0.29) is 0 Å². The van der Waals surface area contributed by atoms with Crippen LogP contribution in [0.3, 0.4) is 0 Å². The Labute approximate surface area is 76.1 Å². The molecule has 0 spiro atoms. The van der Waals surface area contributed by atoms with Gasteiger partial charge in [-0.05, 0) is 30.8 Å². The first-order chi connectivity index (χ1) is 5.71. The standard InChI is InChI=1S/C10H22N2/c1-4-11-7-10(9(2)3)5-6-12-8-10/h9,11-12H,4-8H2,1-3H3. The molecule has 2 heteroatoms. The number of rotatable bonds is 4. The molecule has 1 rings (SSSR count). The molecule has 72 valence electrons. The Hall–Kier alpha value is -0.0800. The minimum absolute atomic E-state index is 0.524. The minimum atomic E-state index is 0.524. The van der Waals surface area contributed by atoms with Crippen molar-refractivity contribution < 1.29 is 0 Å². The van der Waals surface area contributed by atoms with E-state index in [0.717, 1.165) is 12.5 Å². The molecule has 1 atom stereocenters. The lowest BCUT2D eigenvalue weighted by Crippen LogP contribution is -2.40. The van der Waals surface area contributed by atoms with E-state index in [0.29, 0.717) is 5.41 Å². The van der Waals surface area contributed by atoms with E-state index in [1.165, 1.54) is 26.1 Å². The van der Waals surface area contributed by atoms with E-state index in [9.17, 15) is 0 Å². The first kappa shape index (κ1) is 10.0. The normalized spacial score (nSPS) is 30.0. The smallest absolute Gasteiger partial charge is 0.00229 e. The van der Waals surface area contributed by atoms with Crippen LogP contribution >= 0.6 is 0 Å². The van der Waals surface area contributed by atoms with Crippen molar-refractivity contribution in [1.82, 2.24) is 10.6 Å². The summed E-state index contributed by atoms with van der Waals surface area (Å²) in [5.41, 5.74) is 0.524. The molecule has 1 heterocycles. The summed E-state index contributed by atoms with van der Waals surface area (Å²) in [6.45, 7) is 11.5. The third-order valence-corrected chi connectivity index (χ3v) is 3.23. The largest absolute Gasteiger partial charge is 0.316 e. The number of nitrogens with one attached hydrogen (secondary N) is 2. The molecular weight excluding hydrogens is 148 g/mol. The summed E-state index contributed by atoms with van der Waals surface area (Å²) in [4.78, 5) is 0. The van der Waals surface area contributed by atoms with Gasteiger partial charge in [-0.2, -0.15) is 0 Å². The lowest BCUT2D eigenvalue weighted by atomic mass is 9.76. The van der Waals surface area contributed by atoms with E-state index in [1.54, 1.807) is 0 Å². The fourth-order valence-electron chi connectivity index (χ4n) is 1.98. The molecule has 0 aromatic carbocycles. The van der Waals surface area contributed by atoms with Gasteiger partial charge in [0.1, 0.15) is 0 Å². The maximum absolute atomic E-state index is 3.47. The molecular formula is C10H22N2. The van der Waals surface area contributed by atoms with Crippen LogP contribution in [0, 0.1) is 11.3 Å². The average Bonchev–Trinajstić information content (AvgIpc) is 2.50. The van der Waals surface area contributed by atoms with Crippen LogP contribution in [-0.4, -0.2) is 26.2 Å². The van der Waals surface area contributed by atoms with Gasteiger partial charge < -0.3 is 10.6 Å². The summed E-state index contributed by atoms with van der Waals surface area (Å²) < 4.78 is 0. The topological polar surface area (TPSA) is 24.1 Å². The Kier molecular flexibility index (Phi) is 3.53. The Balaban J connectivity index is 2.47. The quantitative estimate of drug-likeness (QED) is 0.663. The first-order valence-corrected chi connectivity index (χ1v) is 5.13. The summed E-state index contributed by atoms with van der Waals surface area (Å²) in [6.07, 6.45) is 1.33. The van der Waals surface area contributed by atoms with Crippen molar-refractivity contribution in [2.75, 3.05) is 26.2 Å². The van der Waals surface area contributed by atoms with Crippen LogP contribution in [0.1, 0.15) is 27.2 Å². The summed E-state index contributed by atoms with van der Waals surface area (Å²) in [5, 5.41) is 6.94. The van der Waals surface area contributed by atoms with E-state index in [2.05, 4.69) is 31.4 Å². The maximum Gasteiger partial charge on any atom is 0.00229 e. The maximum atomic E-state index is 3.47. The van der Waals surface area contributed by atoms with Crippen LogP contribution in [-0.2, 0) is 0 Å². The van der Waals surface area contributed by atoms with Crippen molar-refractivity contribution in [1.29, 1.82) is 0 Å². The Morgan fingerprint density at radius 2 is 2.25 bits per heavy atom. The lowest BCUT2D eigenvalue weighted by molar-refractivity contribution is 0.210. The molecule has 2 N–H and O–H groups in total. The van der Waals surface area contributed by atoms with E-state index in [4.69, 9.17) is 0 Å². The van der Waals surface area contributed by atoms with Gasteiger partial charge in [-0.3, -0.25) is 0 Å². The third-order valence-electron chi connectivity index (χ3n) is 3.23. The lowest BCUT2D eigenvalue weighted by Gasteiger charge is -2.32. The molecule has 0 aromatic heterocycles. The minimum Gasteiger partial charge on any atom is -0.316 e. The van der Waals surface area contributed by atoms with Crippen LogP contribution in [0.4, 0.5) is 0 Å². The highest BCUT2D eigenvalue weighted by molar-refractivity contribution is 4.91. The fraction of sp³-hybridized carbons (Fsp3) is 1.00. The highest BCUT2D eigenvalue weighted by atomic mass is 15.0. The van der Waals surface area contributed by atoms with Crippen molar-refractivity contribution in [2.24, 2.45) is 11.3 Å². The van der Waals surface area contributed by atoms with Crippen molar-refractivity contribution >= 4 is 0 Å². The summed E-state index contributed by atoms with van der Waals surface area (Å²) in [5.74, 6) is 0.784. The molecule has 0 aromatic rings. The van der Waals surface area contributed by atoms with Gasteiger partial charge in [0.05, 0.1) is 0 Å². The second kappa shape index (κ2) is 4.24. The predicted octanol–water partition coefficient (Wildman–Crippen LogP) is 1.23. The van der Waals surface area contributed by atoms with Crippen LogP contribution in [0.25, 0.3) is 0 Å². The summed E-state index contributed by atoms with van der Waals surface area (Å²) in [7, 11) is 0. The highest BCUT2D eigenvalue weighted by Crippen LogP contribution is 2.33. The highest BCUT2D eigenvalue weighted by Gasteiger charge is 2.35. The van der Waals surface area contributed by atoms with Gasteiger partial charge in [0.2, 0.25) is 0 Å². The van der Waals surface area contributed by atoms with E-state index >= 15 is 0 Å². The van der Waals surface area contributed by atoms with E-state index in [1.807, 2.05) is 0 Å². The first-order valence-electron chi connectivity index (χ1n) is 5.13. The summed E-state index contributed by atoms with van der Waals surface area (Å²) in [6, 6.07) is 0. The molecule has 0 amide bonds. The molecule has 1 aliphatic heterocycles. The van der Waals surface area contributed by atoms with Crippen molar-refractivity contribution in [3.8, 4) is 0 Å². The molecule has 2 nitrogen and oxygen atoms in total. The Morgan fingerprint density at radius 1 is 1.50 bits per heavy atom. The van der Waals surface area contributed by atoms with Crippen LogP contribution in [0.5, 0.6) is 0 Å². The van der Waals surface area contributed by atoms with Crippen molar-refractivity contribution in [2.45, 2.75) is 27.2 Å².